The Kier molecular flexibility index (Phi) is 6.96. The second-order valence-corrected chi connectivity index (χ2v) is 9.10. The first-order valence-electron chi connectivity index (χ1n) is 9.82. The number of hydrogen-bond donors (Lipinski definition) is 0. The van der Waals surface area contributed by atoms with Crippen LogP contribution in [0.25, 0.3) is 0 Å². The summed E-state index contributed by atoms with van der Waals surface area (Å²) in [6, 6.07) is 1.79. The summed E-state index contributed by atoms with van der Waals surface area (Å²) in [4.78, 5) is 28.5. The Balaban J connectivity index is 1.99. The molecule has 158 valence electrons. The van der Waals surface area contributed by atoms with Gasteiger partial charge in [-0.25, -0.2) is 9.59 Å². The Morgan fingerprint density at radius 1 is 1.14 bits per heavy atom. The van der Waals surface area contributed by atoms with Gasteiger partial charge in [0.15, 0.2) is 0 Å². The minimum Gasteiger partial charge on any atom is -0.444 e. The third-order valence-electron chi connectivity index (χ3n) is 4.28. The van der Waals surface area contributed by atoms with Crippen LogP contribution in [0.3, 0.4) is 0 Å². The van der Waals surface area contributed by atoms with Gasteiger partial charge in [-0.05, 0) is 54.4 Å². The largest absolute Gasteiger partial charge is 0.444 e. The van der Waals surface area contributed by atoms with Crippen molar-refractivity contribution in [1.29, 1.82) is 0 Å². The molecule has 0 radical (unpaired) electrons. The lowest BCUT2D eigenvalue weighted by molar-refractivity contribution is 0.000443. The van der Waals surface area contributed by atoms with Crippen molar-refractivity contribution in [2.24, 2.45) is 0 Å². The van der Waals surface area contributed by atoms with Crippen LogP contribution in [-0.4, -0.2) is 64.0 Å². The molecule has 2 heterocycles. The minimum absolute atomic E-state index is 0.00328. The summed E-state index contributed by atoms with van der Waals surface area (Å²) in [5.41, 5.74) is -1.09. The number of hydrogen-bond acceptors (Lipinski definition) is 6. The van der Waals surface area contributed by atoms with E-state index in [0.717, 1.165) is 5.76 Å². The van der Waals surface area contributed by atoms with Gasteiger partial charge in [-0.3, -0.25) is 0 Å². The fourth-order valence-electron chi connectivity index (χ4n) is 3.03. The molecule has 28 heavy (non-hydrogen) atoms. The van der Waals surface area contributed by atoms with E-state index < -0.39 is 11.2 Å². The van der Waals surface area contributed by atoms with E-state index in [-0.39, 0.29) is 18.2 Å². The zero-order valence-electron chi connectivity index (χ0n) is 17.9. The quantitative estimate of drug-likeness (QED) is 0.770. The molecule has 1 aromatic heterocycles. The van der Waals surface area contributed by atoms with Crippen LogP contribution in [0.5, 0.6) is 0 Å². The second kappa shape index (κ2) is 8.84. The smallest absolute Gasteiger partial charge is 0.410 e. The van der Waals surface area contributed by atoms with Crippen molar-refractivity contribution >= 4 is 12.2 Å². The lowest BCUT2D eigenvalue weighted by Crippen LogP contribution is -2.51. The first kappa shape index (κ1) is 22.0. The van der Waals surface area contributed by atoms with Crippen LogP contribution in [-0.2, 0) is 15.9 Å². The molecule has 0 saturated carbocycles. The summed E-state index contributed by atoms with van der Waals surface area (Å²) in [6.45, 7) is 12.7. The number of ether oxygens (including phenoxy) is 2. The Morgan fingerprint density at radius 2 is 1.75 bits per heavy atom. The van der Waals surface area contributed by atoms with Gasteiger partial charge in [-0.1, -0.05) is 5.16 Å². The number of rotatable bonds is 4. The van der Waals surface area contributed by atoms with Crippen molar-refractivity contribution in [2.75, 3.05) is 19.6 Å². The van der Waals surface area contributed by atoms with Gasteiger partial charge in [0.2, 0.25) is 0 Å². The van der Waals surface area contributed by atoms with Crippen molar-refractivity contribution in [2.45, 2.75) is 78.0 Å². The number of piperidine rings is 1. The van der Waals surface area contributed by atoms with Gasteiger partial charge in [0, 0.05) is 38.2 Å². The highest BCUT2D eigenvalue weighted by Gasteiger charge is 2.33. The van der Waals surface area contributed by atoms with Crippen molar-refractivity contribution in [3.8, 4) is 0 Å². The summed E-state index contributed by atoms with van der Waals surface area (Å²) in [7, 11) is 0. The summed E-state index contributed by atoms with van der Waals surface area (Å²) < 4.78 is 16.2. The lowest BCUT2D eigenvalue weighted by Gasteiger charge is -2.39. The Labute approximate surface area is 167 Å². The molecule has 0 bridgehead atoms. The molecule has 2 amide bonds. The van der Waals surface area contributed by atoms with Gasteiger partial charge in [-0.2, -0.15) is 0 Å². The average molecular weight is 396 g/mol. The van der Waals surface area contributed by atoms with Crippen LogP contribution < -0.4 is 0 Å². The SMILES string of the molecule is CC(C)(C)OC(=O)N1CCC(N(CCc2ccno2)C(=O)OC(C)(C)C)CC1. The second-order valence-electron chi connectivity index (χ2n) is 9.10. The summed E-state index contributed by atoms with van der Waals surface area (Å²) >= 11 is 0. The topological polar surface area (TPSA) is 85.1 Å². The predicted octanol–water partition coefficient (Wildman–Crippen LogP) is 3.85. The maximum Gasteiger partial charge on any atom is 0.410 e. The van der Waals surface area contributed by atoms with Gasteiger partial charge < -0.3 is 23.8 Å². The minimum atomic E-state index is -0.571. The maximum absolute atomic E-state index is 12.8. The molecule has 8 heteroatoms. The molecule has 0 spiro atoms. The Hall–Kier alpha value is -2.25. The van der Waals surface area contributed by atoms with E-state index in [1.54, 1.807) is 22.1 Å². The monoisotopic (exact) mass is 395 g/mol. The zero-order chi connectivity index (χ0) is 20.9. The fourth-order valence-corrected chi connectivity index (χ4v) is 3.03. The highest BCUT2D eigenvalue weighted by Crippen LogP contribution is 2.22. The summed E-state index contributed by atoms with van der Waals surface area (Å²) in [6.07, 6.45) is 2.85. The van der Waals surface area contributed by atoms with Crippen molar-refractivity contribution in [3.63, 3.8) is 0 Å². The van der Waals surface area contributed by atoms with Crippen molar-refractivity contribution in [3.05, 3.63) is 18.0 Å². The maximum atomic E-state index is 12.8. The van der Waals surface area contributed by atoms with Gasteiger partial charge in [0.25, 0.3) is 0 Å². The number of aromatic nitrogens is 1. The molecular weight excluding hydrogens is 362 g/mol. The molecule has 0 aromatic carbocycles. The molecule has 2 rings (SSSR count). The molecule has 1 aliphatic rings. The molecule has 8 nitrogen and oxygen atoms in total. The molecule has 0 aliphatic carbocycles. The first-order valence-corrected chi connectivity index (χ1v) is 9.82. The number of amides is 2. The number of nitrogens with zero attached hydrogens (tertiary/aromatic N) is 3. The molecule has 1 aliphatic heterocycles. The molecule has 1 aromatic rings. The standard InChI is InChI=1S/C20H33N3O5/c1-19(2,3)26-17(24)22-12-8-15(9-13-22)23(18(25)27-20(4,5)6)14-10-16-7-11-21-28-16/h7,11,15H,8-10,12-14H2,1-6H3. The van der Waals surface area contributed by atoms with Crippen LogP contribution in [0.4, 0.5) is 9.59 Å². The van der Waals surface area contributed by atoms with E-state index >= 15 is 0 Å². The molecule has 0 N–H and O–H groups in total. The van der Waals surface area contributed by atoms with E-state index in [2.05, 4.69) is 5.16 Å². The van der Waals surface area contributed by atoms with E-state index in [1.165, 1.54) is 0 Å². The van der Waals surface area contributed by atoms with Gasteiger partial charge in [0.05, 0.1) is 6.20 Å². The van der Waals surface area contributed by atoms with Gasteiger partial charge in [0.1, 0.15) is 17.0 Å². The lowest BCUT2D eigenvalue weighted by atomic mass is 10.0. The fraction of sp³-hybridized carbons (Fsp3) is 0.750. The third-order valence-corrected chi connectivity index (χ3v) is 4.28. The van der Waals surface area contributed by atoms with Crippen molar-refractivity contribution in [1.82, 2.24) is 15.0 Å². The zero-order valence-corrected chi connectivity index (χ0v) is 17.9. The first-order chi connectivity index (χ1) is 12.9. The van der Waals surface area contributed by atoms with Crippen LogP contribution >= 0.6 is 0 Å². The highest BCUT2D eigenvalue weighted by molar-refractivity contribution is 5.69. The molecule has 0 unspecified atom stereocenters. The normalized spacial score (nSPS) is 16.0. The number of carbonyl (C=O) groups excluding carboxylic acids is 2. The molecule has 1 saturated heterocycles. The Bertz CT molecular complexity index is 638. The number of likely N-dealkylation sites (tertiary alicyclic amines) is 1. The highest BCUT2D eigenvalue weighted by atomic mass is 16.6. The van der Waals surface area contributed by atoms with Gasteiger partial charge in [-0.15, -0.1) is 0 Å². The van der Waals surface area contributed by atoms with Crippen LogP contribution in [0.15, 0.2) is 16.8 Å². The van der Waals surface area contributed by atoms with Crippen LogP contribution in [0.1, 0.15) is 60.1 Å². The third kappa shape index (κ3) is 7.05. The van der Waals surface area contributed by atoms with E-state index in [0.29, 0.717) is 38.9 Å². The van der Waals surface area contributed by atoms with E-state index in [9.17, 15) is 9.59 Å². The molecule has 0 atom stereocenters. The average Bonchev–Trinajstić information content (AvgIpc) is 3.05. The van der Waals surface area contributed by atoms with Crippen LogP contribution in [0.2, 0.25) is 0 Å². The molecule has 1 fully saturated rings. The Morgan fingerprint density at radius 3 is 2.25 bits per heavy atom. The predicted molar refractivity (Wildman–Crippen MR) is 104 cm³/mol. The van der Waals surface area contributed by atoms with E-state index in [4.69, 9.17) is 14.0 Å². The summed E-state index contributed by atoms with van der Waals surface area (Å²) in [5.74, 6) is 0.722. The van der Waals surface area contributed by atoms with Crippen LogP contribution in [0, 0.1) is 0 Å². The number of carbonyl (C=O) groups is 2. The van der Waals surface area contributed by atoms with Gasteiger partial charge >= 0.3 is 12.2 Å². The summed E-state index contributed by atoms with van der Waals surface area (Å²) in [5, 5.41) is 3.71. The van der Waals surface area contributed by atoms with E-state index in [1.807, 2.05) is 41.5 Å². The molecular formula is C20H33N3O5. The van der Waals surface area contributed by atoms with Crippen molar-refractivity contribution < 1.29 is 23.6 Å².